The van der Waals surface area contributed by atoms with Crippen LogP contribution in [0.1, 0.15) is 37.5 Å². The average Bonchev–Trinajstić information content (AvgIpc) is 3.12. The van der Waals surface area contributed by atoms with Gasteiger partial charge in [0.1, 0.15) is 0 Å². The van der Waals surface area contributed by atoms with E-state index in [9.17, 15) is 4.79 Å². The lowest BCUT2D eigenvalue weighted by Gasteiger charge is -2.36. The summed E-state index contributed by atoms with van der Waals surface area (Å²) in [6.07, 6.45) is 0. The Morgan fingerprint density at radius 3 is 2.48 bits per heavy atom. The van der Waals surface area contributed by atoms with Crippen LogP contribution in [0.2, 0.25) is 0 Å². The van der Waals surface area contributed by atoms with Crippen LogP contribution in [0.3, 0.4) is 0 Å². The highest BCUT2D eigenvalue weighted by atomic mass is 32.2. The molecule has 3 rings (SSSR count). The molecule has 3 aromatic rings. The first-order valence-corrected chi connectivity index (χ1v) is 10.6. The maximum Gasteiger partial charge on any atom is 0.233 e. The SMILES string of the molecule is Cc1ccc(-n2nnnc2SCC(=O)N(Cc2ccccc2)C(C)(C)C)c(C)c1. The molecule has 7 heteroatoms. The minimum atomic E-state index is -0.285. The van der Waals surface area contributed by atoms with Crippen molar-refractivity contribution in [1.82, 2.24) is 25.1 Å². The number of benzene rings is 2. The fraction of sp³-hybridized carbons (Fsp3) is 0.364. The lowest BCUT2D eigenvalue weighted by Crippen LogP contribution is -2.45. The van der Waals surface area contributed by atoms with Crippen molar-refractivity contribution in [2.24, 2.45) is 0 Å². The lowest BCUT2D eigenvalue weighted by molar-refractivity contribution is -0.133. The van der Waals surface area contributed by atoms with Crippen molar-refractivity contribution in [2.75, 3.05) is 5.75 Å². The summed E-state index contributed by atoms with van der Waals surface area (Å²) in [7, 11) is 0. The van der Waals surface area contributed by atoms with E-state index in [0.29, 0.717) is 11.7 Å². The minimum absolute atomic E-state index is 0.0570. The molecule has 0 atom stereocenters. The van der Waals surface area contributed by atoms with Gasteiger partial charge in [-0.3, -0.25) is 4.79 Å². The van der Waals surface area contributed by atoms with Crippen LogP contribution < -0.4 is 0 Å². The van der Waals surface area contributed by atoms with Crippen molar-refractivity contribution in [1.29, 1.82) is 0 Å². The topological polar surface area (TPSA) is 63.9 Å². The second kappa shape index (κ2) is 8.78. The number of aryl methyl sites for hydroxylation is 2. The highest BCUT2D eigenvalue weighted by Crippen LogP contribution is 2.24. The molecular weight excluding hydrogens is 382 g/mol. The molecular formula is C22H27N5OS. The zero-order valence-electron chi connectivity index (χ0n) is 17.6. The second-order valence-corrected chi connectivity index (χ2v) is 9.03. The summed E-state index contributed by atoms with van der Waals surface area (Å²) in [6, 6.07) is 16.2. The Labute approximate surface area is 176 Å². The number of carbonyl (C=O) groups excluding carboxylic acids is 1. The summed E-state index contributed by atoms with van der Waals surface area (Å²) >= 11 is 1.36. The molecule has 2 aromatic carbocycles. The van der Waals surface area contributed by atoms with E-state index in [1.807, 2.05) is 54.3 Å². The number of aromatic nitrogens is 4. The summed E-state index contributed by atoms with van der Waals surface area (Å²) in [5.41, 5.74) is 4.03. The predicted molar refractivity (Wildman–Crippen MR) is 116 cm³/mol. The zero-order valence-corrected chi connectivity index (χ0v) is 18.4. The number of nitrogens with zero attached hydrogens (tertiary/aromatic N) is 5. The number of carbonyl (C=O) groups is 1. The Bertz CT molecular complexity index is 978. The third kappa shape index (κ3) is 5.23. The number of tetrazole rings is 1. The van der Waals surface area contributed by atoms with Crippen molar-refractivity contribution in [3.63, 3.8) is 0 Å². The fourth-order valence-corrected chi connectivity index (χ4v) is 3.89. The summed E-state index contributed by atoms with van der Waals surface area (Å²) < 4.78 is 1.70. The molecule has 0 saturated carbocycles. The molecule has 29 heavy (non-hydrogen) atoms. The van der Waals surface area contributed by atoms with Gasteiger partial charge in [-0.25, -0.2) is 0 Å². The van der Waals surface area contributed by atoms with Gasteiger partial charge in [-0.1, -0.05) is 59.8 Å². The quantitative estimate of drug-likeness (QED) is 0.571. The van der Waals surface area contributed by atoms with Gasteiger partial charge in [-0.2, -0.15) is 4.68 Å². The largest absolute Gasteiger partial charge is 0.333 e. The normalized spacial score (nSPS) is 11.5. The first-order chi connectivity index (χ1) is 13.8. The van der Waals surface area contributed by atoms with Gasteiger partial charge in [0.05, 0.1) is 11.4 Å². The molecule has 0 bridgehead atoms. The van der Waals surface area contributed by atoms with Gasteiger partial charge in [-0.05, 0) is 62.2 Å². The smallest absolute Gasteiger partial charge is 0.233 e. The van der Waals surface area contributed by atoms with E-state index in [-0.39, 0.29) is 17.2 Å². The Morgan fingerprint density at radius 1 is 1.10 bits per heavy atom. The molecule has 0 N–H and O–H groups in total. The average molecular weight is 410 g/mol. The number of hydrogen-bond donors (Lipinski definition) is 0. The van der Waals surface area contributed by atoms with E-state index in [1.165, 1.54) is 17.3 Å². The van der Waals surface area contributed by atoms with Crippen LogP contribution in [0, 0.1) is 13.8 Å². The van der Waals surface area contributed by atoms with Crippen LogP contribution in [0.4, 0.5) is 0 Å². The van der Waals surface area contributed by atoms with Crippen molar-refractivity contribution in [2.45, 2.75) is 51.9 Å². The van der Waals surface area contributed by atoms with E-state index in [2.05, 4.69) is 49.3 Å². The van der Waals surface area contributed by atoms with Crippen molar-refractivity contribution in [3.8, 4) is 5.69 Å². The van der Waals surface area contributed by atoms with Gasteiger partial charge in [0, 0.05) is 12.1 Å². The van der Waals surface area contributed by atoms with Crippen molar-refractivity contribution >= 4 is 17.7 Å². The standard InChI is InChI=1S/C22H27N5OS/c1-16-11-12-19(17(2)13-16)27-21(23-24-25-27)29-15-20(28)26(22(3,4)5)14-18-9-7-6-8-10-18/h6-13H,14-15H2,1-5H3. The van der Waals surface area contributed by atoms with E-state index in [0.717, 1.165) is 16.8 Å². The summed E-state index contributed by atoms with van der Waals surface area (Å²) in [5.74, 6) is 0.330. The van der Waals surface area contributed by atoms with Gasteiger partial charge in [-0.15, -0.1) is 5.10 Å². The Morgan fingerprint density at radius 2 is 1.83 bits per heavy atom. The third-order valence-electron chi connectivity index (χ3n) is 4.64. The maximum absolute atomic E-state index is 13.1. The highest BCUT2D eigenvalue weighted by molar-refractivity contribution is 7.99. The van der Waals surface area contributed by atoms with E-state index >= 15 is 0 Å². The van der Waals surface area contributed by atoms with Crippen molar-refractivity contribution in [3.05, 3.63) is 65.2 Å². The number of amides is 1. The van der Waals surface area contributed by atoms with Crippen LogP contribution in [0.25, 0.3) is 5.69 Å². The summed E-state index contributed by atoms with van der Waals surface area (Å²) in [6.45, 7) is 10.8. The molecule has 0 unspecified atom stereocenters. The van der Waals surface area contributed by atoms with Gasteiger partial charge in [0.15, 0.2) is 0 Å². The molecule has 0 saturated heterocycles. The molecule has 1 aromatic heterocycles. The van der Waals surface area contributed by atoms with Crippen LogP contribution in [-0.2, 0) is 11.3 Å². The molecule has 0 aliphatic carbocycles. The van der Waals surface area contributed by atoms with Gasteiger partial charge in [0.2, 0.25) is 11.1 Å². The van der Waals surface area contributed by atoms with Crippen LogP contribution in [0.5, 0.6) is 0 Å². The Kier molecular flexibility index (Phi) is 6.37. The first-order valence-electron chi connectivity index (χ1n) is 9.59. The molecule has 0 aliphatic rings. The molecule has 0 radical (unpaired) electrons. The molecule has 0 aliphatic heterocycles. The van der Waals surface area contributed by atoms with Crippen LogP contribution in [-0.4, -0.2) is 42.3 Å². The lowest BCUT2D eigenvalue weighted by atomic mass is 10.0. The second-order valence-electron chi connectivity index (χ2n) is 8.09. The van der Waals surface area contributed by atoms with Crippen LogP contribution >= 0.6 is 11.8 Å². The molecule has 152 valence electrons. The zero-order chi connectivity index (χ0) is 21.0. The first kappa shape index (κ1) is 21.0. The third-order valence-corrected chi connectivity index (χ3v) is 5.54. The molecule has 6 nitrogen and oxygen atoms in total. The maximum atomic E-state index is 13.1. The van der Waals surface area contributed by atoms with Gasteiger partial charge < -0.3 is 4.90 Å². The van der Waals surface area contributed by atoms with Crippen LogP contribution in [0.15, 0.2) is 53.7 Å². The summed E-state index contributed by atoms with van der Waals surface area (Å²) in [5, 5.41) is 12.7. The Hall–Kier alpha value is -2.67. The monoisotopic (exact) mass is 409 g/mol. The number of hydrogen-bond acceptors (Lipinski definition) is 5. The van der Waals surface area contributed by atoms with Gasteiger partial charge in [0.25, 0.3) is 0 Å². The summed E-state index contributed by atoms with van der Waals surface area (Å²) in [4.78, 5) is 15.0. The highest BCUT2D eigenvalue weighted by Gasteiger charge is 2.27. The van der Waals surface area contributed by atoms with E-state index in [4.69, 9.17) is 0 Å². The van der Waals surface area contributed by atoms with Crippen molar-refractivity contribution < 1.29 is 4.79 Å². The molecule has 1 amide bonds. The number of rotatable bonds is 6. The molecule has 1 heterocycles. The van der Waals surface area contributed by atoms with E-state index in [1.54, 1.807) is 4.68 Å². The molecule has 0 fully saturated rings. The Balaban J connectivity index is 1.75. The van der Waals surface area contributed by atoms with E-state index < -0.39 is 0 Å². The number of thioether (sulfide) groups is 1. The molecule has 0 spiro atoms. The minimum Gasteiger partial charge on any atom is -0.333 e. The predicted octanol–water partition coefficient (Wildman–Crippen LogP) is 4.20. The van der Waals surface area contributed by atoms with Gasteiger partial charge >= 0.3 is 0 Å². The fourth-order valence-electron chi connectivity index (χ4n) is 3.13.